The number of halogens is 8. The van der Waals surface area contributed by atoms with Crippen LogP contribution in [0.15, 0.2) is 91.0 Å². The second kappa shape index (κ2) is 16.1. The zero-order chi connectivity index (χ0) is 36.6. The SMILES string of the molecule is Cc1cc2c(cc1C(C)(C)C)-c1cc(C(C)(C)C)c(C)[c]([Zr+2](=[C](c3ccc(C(Cl)(Cl)Cl)cc3)c3ccc(C(Cl)(Cl)Cl)cc3)[CH]3C=CC=C3)c1C2.[Cl-].[Cl-]. The zero-order valence-corrected chi connectivity index (χ0v) is 39.0. The molecule has 274 valence electrons. The number of hydrogen-bond donors (Lipinski definition) is 0. The van der Waals surface area contributed by atoms with E-state index in [2.05, 4.69) is 122 Å². The van der Waals surface area contributed by atoms with Crippen molar-refractivity contribution in [1.82, 2.24) is 0 Å². The van der Waals surface area contributed by atoms with Crippen molar-refractivity contribution in [3.63, 3.8) is 0 Å². The van der Waals surface area contributed by atoms with E-state index in [-0.39, 0.29) is 35.6 Å². The van der Waals surface area contributed by atoms with E-state index in [9.17, 15) is 0 Å². The summed E-state index contributed by atoms with van der Waals surface area (Å²) < 4.78 is 0.184. The molecule has 0 radical (unpaired) electrons. The standard InChI is InChI=1S/C23H29.C15H8Cl6.C5H5.2ClH.Zr/c1-14-9-16-11-17-10-15(2)21(23(6,7)8)13-19(17)18(16)12-20(14)22(3,4)5;16-14(17,18)12-5-1-10(2-6-12)9-11-3-7-13(8-4-11)15(19,20)21;1-2-4-5-3-1;;;/h9,12-13H,11H2,1-8H3;1-8H;1-5H;2*1H;/q;;;;;+2/p-2. The van der Waals surface area contributed by atoms with Crippen LogP contribution in [0.25, 0.3) is 11.1 Å². The summed E-state index contributed by atoms with van der Waals surface area (Å²) in [5, 5.41) is 0. The molecule has 52 heavy (non-hydrogen) atoms. The molecule has 0 bridgehead atoms. The summed E-state index contributed by atoms with van der Waals surface area (Å²) in [7, 11) is 0. The number of aryl methyl sites for hydroxylation is 1. The summed E-state index contributed by atoms with van der Waals surface area (Å²) in [5.74, 6) is 0. The van der Waals surface area contributed by atoms with Crippen LogP contribution in [0.4, 0.5) is 0 Å². The van der Waals surface area contributed by atoms with Crippen molar-refractivity contribution in [3.8, 4) is 11.1 Å². The van der Waals surface area contributed by atoms with Crippen molar-refractivity contribution in [2.75, 3.05) is 0 Å². The average molecular weight is 934 g/mol. The molecule has 0 spiro atoms. The van der Waals surface area contributed by atoms with Crippen molar-refractivity contribution in [1.29, 1.82) is 0 Å². The molecule has 0 aromatic heterocycles. The fourth-order valence-electron chi connectivity index (χ4n) is 7.78. The molecule has 0 saturated carbocycles. The summed E-state index contributed by atoms with van der Waals surface area (Å²) in [4.78, 5) is 0. The van der Waals surface area contributed by atoms with Crippen LogP contribution in [0.5, 0.6) is 0 Å². The molecule has 4 aromatic rings. The minimum atomic E-state index is -3.03. The molecule has 2 aliphatic rings. The van der Waals surface area contributed by atoms with E-state index in [0.717, 1.165) is 17.5 Å². The molecule has 9 heteroatoms. The Hall–Kier alpha value is -0.567. The molecule has 0 aliphatic heterocycles. The molecule has 4 aromatic carbocycles. The van der Waals surface area contributed by atoms with Gasteiger partial charge in [-0.2, -0.15) is 0 Å². The predicted octanol–water partition coefficient (Wildman–Crippen LogP) is 7.56. The number of allylic oxidation sites excluding steroid dienone is 4. The van der Waals surface area contributed by atoms with Gasteiger partial charge in [0.1, 0.15) is 0 Å². The van der Waals surface area contributed by atoms with E-state index in [0.29, 0.717) is 14.8 Å². The Morgan fingerprint density at radius 3 is 1.48 bits per heavy atom. The molecule has 0 N–H and O–H groups in total. The summed E-state index contributed by atoms with van der Waals surface area (Å²) >= 11 is 35.1. The minimum absolute atomic E-state index is 0. The molecule has 0 fully saturated rings. The molecule has 0 saturated heterocycles. The molecule has 0 heterocycles. The van der Waals surface area contributed by atoms with Crippen LogP contribution in [-0.2, 0) is 46.1 Å². The summed E-state index contributed by atoms with van der Waals surface area (Å²) in [5.41, 5.74) is 14.7. The van der Waals surface area contributed by atoms with E-state index in [1.165, 1.54) is 47.7 Å². The van der Waals surface area contributed by atoms with E-state index in [1.54, 1.807) is 3.27 Å². The maximum Gasteiger partial charge on any atom is -1.00 e. The molecule has 6 rings (SSSR count). The Morgan fingerprint density at radius 1 is 0.615 bits per heavy atom. The first-order valence-corrected chi connectivity index (χ1v) is 23.1. The molecule has 0 unspecified atom stereocenters. The van der Waals surface area contributed by atoms with Gasteiger partial charge in [0.05, 0.1) is 0 Å². The monoisotopic (exact) mass is 928 g/mol. The topological polar surface area (TPSA) is 0 Å². The van der Waals surface area contributed by atoms with Gasteiger partial charge in [-0.3, -0.25) is 0 Å². The number of alkyl halides is 6. The second-order valence-corrected chi connectivity index (χ2v) is 26.4. The maximum absolute atomic E-state index is 6.35. The van der Waals surface area contributed by atoms with Crippen LogP contribution in [-0.4, -0.2) is 3.21 Å². The Morgan fingerprint density at radius 2 is 1.06 bits per heavy atom. The number of fused-ring (bicyclic) bond motifs is 3. The summed E-state index contributed by atoms with van der Waals surface area (Å²) in [6, 6.07) is 23.7. The Kier molecular flexibility index (Phi) is 13.7. The third-order valence-corrected chi connectivity index (χ3v) is 19.7. The van der Waals surface area contributed by atoms with Crippen LogP contribution in [0.1, 0.15) is 97.2 Å². The normalized spacial score (nSPS) is 13.9. The van der Waals surface area contributed by atoms with Gasteiger partial charge in [-0.25, -0.2) is 0 Å². The van der Waals surface area contributed by atoms with Gasteiger partial charge in [0.2, 0.25) is 0 Å². The van der Waals surface area contributed by atoms with Gasteiger partial charge in [0, 0.05) is 0 Å². The van der Waals surface area contributed by atoms with Gasteiger partial charge < -0.3 is 24.8 Å². The van der Waals surface area contributed by atoms with E-state index < -0.39 is 28.9 Å². The second-order valence-electron chi connectivity index (χ2n) is 15.7. The van der Waals surface area contributed by atoms with Gasteiger partial charge in [-0.15, -0.1) is 0 Å². The fourth-order valence-corrected chi connectivity index (χ4v) is 17.3. The molecule has 0 nitrogen and oxygen atoms in total. The van der Waals surface area contributed by atoms with Gasteiger partial charge in [-0.1, -0.05) is 0 Å². The van der Waals surface area contributed by atoms with E-state index >= 15 is 0 Å². The van der Waals surface area contributed by atoms with Crippen molar-refractivity contribution >= 4 is 76.1 Å². The Balaban J connectivity index is 0.00000302. The molecule has 0 amide bonds. The van der Waals surface area contributed by atoms with Crippen molar-refractivity contribution in [3.05, 3.63) is 147 Å². The van der Waals surface area contributed by atoms with Crippen molar-refractivity contribution in [2.24, 2.45) is 0 Å². The average Bonchev–Trinajstić information content (AvgIpc) is 3.66. The van der Waals surface area contributed by atoms with Crippen molar-refractivity contribution in [2.45, 2.75) is 83.9 Å². The first-order chi connectivity index (χ1) is 23.2. The van der Waals surface area contributed by atoms with Crippen LogP contribution in [0, 0.1) is 13.8 Å². The summed E-state index contributed by atoms with van der Waals surface area (Å²) in [6.07, 6.45) is 10.1. The van der Waals surface area contributed by atoms with Gasteiger partial charge in [0.25, 0.3) is 0 Å². The smallest absolute Gasteiger partial charge is 1.00 e. The molecular weight excluding hydrogens is 891 g/mol. The van der Waals surface area contributed by atoms with E-state index in [1.807, 2.05) is 24.3 Å². The predicted molar refractivity (Wildman–Crippen MR) is 218 cm³/mol. The first-order valence-electron chi connectivity index (χ1n) is 16.9. The van der Waals surface area contributed by atoms with Crippen LogP contribution in [0.2, 0.25) is 3.63 Å². The summed E-state index contributed by atoms with van der Waals surface area (Å²) in [6.45, 7) is 18.6. The third kappa shape index (κ3) is 8.86. The number of hydrogen-bond acceptors (Lipinski definition) is 0. The quantitative estimate of drug-likeness (QED) is 0.164. The number of benzene rings is 4. The minimum Gasteiger partial charge on any atom is -1.00 e. The van der Waals surface area contributed by atoms with E-state index in [4.69, 9.17) is 69.6 Å². The van der Waals surface area contributed by atoms with Gasteiger partial charge >= 0.3 is 339 Å². The largest absolute Gasteiger partial charge is 1.00 e. The van der Waals surface area contributed by atoms with Crippen molar-refractivity contribution < 1.29 is 46.1 Å². The Labute approximate surface area is 360 Å². The molecular formula is C43H42Cl8Zr. The van der Waals surface area contributed by atoms with Gasteiger partial charge in [0.15, 0.2) is 0 Å². The first kappa shape index (κ1) is 44.2. The third-order valence-electron chi connectivity index (χ3n) is 10.0. The van der Waals surface area contributed by atoms with Gasteiger partial charge in [-0.05, 0) is 0 Å². The van der Waals surface area contributed by atoms with Crippen LogP contribution < -0.4 is 28.1 Å². The molecule has 0 atom stereocenters. The van der Waals surface area contributed by atoms with Crippen LogP contribution >= 0.6 is 69.6 Å². The van der Waals surface area contributed by atoms with Crippen LogP contribution in [0.3, 0.4) is 0 Å². The zero-order valence-electron chi connectivity index (χ0n) is 30.5. The maximum atomic E-state index is 6.35. The molecule has 2 aliphatic carbocycles. The fraction of sp³-hybridized carbons (Fsp3) is 0.326. The number of rotatable bonds is 4. The Bertz CT molecular complexity index is 1990.